The zero-order valence-corrected chi connectivity index (χ0v) is 7.03. The first kappa shape index (κ1) is 13.8. The van der Waals surface area contributed by atoms with E-state index in [-0.39, 0.29) is 29.6 Å². The fraction of sp³-hybridized carbons (Fsp3) is 1.00. The molecule has 0 saturated carbocycles. The van der Waals surface area contributed by atoms with Crippen molar-refractivity contribution in [2.45, 2.75) is 26.7 Å². The van der Waals surface area contributed by atoms with Crippen LogP contribution in [0.15, 0.2) is 0 Å². The van der Waals surface area contributed by atoms with Crippen LogP contribution >= 0.6 is 7.37 Å². The minimum atomic E-state index is -2.69. The third-order valence-electron chi connectivity index (χ3n) is 1.36. The summed E-state index contributed by atoms with van der Waals surface area (Å²) >= 11 is 0. The molecule has 0 aliphatic carbocycles. The maximum absolute atomic E-state index is 10.9. The Labute approximate surface area is 85.1 Å². The summed E-state index contributed by atoms with van der Waals surface area (Å²) in [5.41, 5.74) is 0. The second-order valence-corrected chi connectivity index (χ2v) is 5.01. The van der Waals surface area contributed by atoms with Gasteiger partial charge in [-0.25, -0.2) is 0 Å². The topological polar surface area (TPSA) is 37.3 Å². The van der Waals surface area contributed by atoms with Crippen LogP contribution in [0.3, 0.4) is 0 Å². The Bertz CT molecular complexity index is 116. The van der Waals surface area contributed by atoms with Crippen molar-refractivity contribution in [1.82, 2.24) is 0 Å². The van der Waals surface area contributed by atoms with E-state index in [2.05, 4.69) is 0 Å². The number of unbranched alkanes of at least 4 members (excludes halogenated alkanes) is 1. The average molecular weight is 174 g/mol. The van der Waals surface area contributed by atoms with Gasteiger partial charge in [0, 0.05) is 12.3 Å². The molecule has 1 N–H and O–H groups in total. The van der Waals surface area contributed by atoms with Crippen molar-refractivity contribution in [3.63, 3.8) is 0 Å². The van der Waals surface area contributed by atoms with Gasteiger partial charge in [0.2, 0.25) is 0 Å². The van der Waals surface area contributed by atoms with Crippen LogP contribution in [-0.2, 0) is 4.57 Å². The molecular weight excluding hydrogens is 158 g/mol. The number of hydrogen-bond acceptors (Lipinski definition) is 1. The standard InChI is InChI=1S/C6H15O2P.Na.H/c1-3-5-6-9(7,8)4-2;;/h3-6H2,1-2H3,(H,7,8);;. The van der Waals surface area contributed by atoms with E-state index in [4.69, 9.17) is 4.89 Å². The Kier molecular flexibility index (Phi) is 9.46. The molecule has 0 heterocycles. The fourth-order valence-corrected chi connectivity index (χ4v) is 1.69. The summed E-state index contributed by atoms with van der Waals surface area (Å²) < 4.78 is 10.9. The van der Waals surface area contributed by atoms with Crippen LogP contribution in [0, 0.1) is 0 Å². The van der Waals surface area contributed by atoms with E-state index in [1.165, 1.54) is 0 Å². The van der Waals surface area contributed by atoms with E-state index in [0.717, 1.165) is 12.8 Å². The van der Waals surface area contributed by atoms with Crippen molar-refractivity contribution < 1.29 is 9.46 Å². The predicted molar refractivity (Wildman–Crippen MR) is 47.3 cm³/mol. The van der Waals surface area contributed by atoms with E-state index < -0.39 is 7.37 Å². The second kappa shape index (κ2) is 6.87. The fourth-order valence-electron chi connectivity index (χ4n) is 0.563. The van der Waals surface area contributed by atoms with Crippen LogP contribution in [0.4, 0.5) is 0 Å². The summed E-state index contributed by atoms with van der Waals surface area (Å²) in [7, 11) is -2.69. The third kappa shape index (κ3) is 7.30. The van der Waals surface area contributed by atoms with E-state index in [1.807, 2.05) is 6.92 Å². The van der Waals surface area contributed by atoms with Crippen molar-refractivity contribution in [1.29, 1.82) is 0 Å². The van der Waals surface area contributed by atoms with Crippen LogP contribution in [-0.4, -0.2) is 46.8 Å². The van der Waals surface area contributed by atoms with Gasteiger partial charge in [0.15, 0.2) is 7.37 Å². The van der Waals surface area contributed by atoms with Crippen molar-refractivity contribution in [3.8, 4) is 0 Å². The molecule has 1 atom stereocenters. The molecule has 0 aromatic rings. The van der Waals surface area contributed by atoms with E-state index in [0.29, 0.717) is 12.3 Å². The molecule has 0 spiro atoms. The minimum absolute atomic E-state index is 0. The van der Waals surface area contributed by atoms with Gasteiger partial charge in [0.05, 0.1) is 0 Å². The van der Waals surface area contributed by atoms with Gasteiger partial charge in [-0.2, -0.15) is 0 Å². The van der Waals surface area contributed by atoms with Gasteiger partial charge in [0.25, 0.3) is 0 Å². The van der Waals surface area contributed by atoms with Gasteiger partial charge < -0.3 is 4.89 Å². The van der Waals surface area contributed by atoms with Crippen LogP contribution in [0.5, 0.6) is 0 Å². The zero-order chi connectivity index (χ0) is 7.33. The normalized spacial score (nSPS) is 15.5. The Hall–Kier alpha value is 1.19. The van der Waals surface area contributed by atoms with Gasteiger partial charge in [-0.3, -0.25) is 4.57 Å². The van der Waals surface area contributed by atoms with Gasteiger partial charge in [-0.1, -0.05) is 20.3 Å². The first-order valence-electron chi connectivity index (χ1n) is 3.43. The summed E-state index contributed by atoms with van der Waals surface area (Å²) in [5, 5.41) is 0. The second-order valence-electron chi connectivity index (χ2n) is 2.24. The molecule has 0 aliphatic heterocycles. The quantitative estimate of drug-likeness (QED) is 0.517. The molecule has 0 saturated heterocycles. The van der Waals surface area contributed by atoms with Gasteiger partial charge in [-0.15, -0.1) is 0 Å². The van der Waals surface area contributed by atoms with Crippen LogP contribution < -0.4 is 0 Å². The monoisotopic (exact) mass is 174 g/mol. The molecule has 0 radical (unpaired) electrons. The maximum atomic E-state index is 10.9. The number of rotatable bonds is 4. The summed E-state index contributed by atoms with van der Waals surface area (Å²) in [6.07, 6.45) is 2.80. The molecule has 0 fully saturated rings. The SMILES string of the molecule is CCCCP(=O)(O)CC.[NaH]. The van der Waals surface area contributed by atoms with Crippen molar-refractivity contribution in [3.05, 3.63) is 0 Å². The molecule has 0 bridgehead atoms. The summed E-state index contributed by atoms with van der Waals surface area (Å²) in [6.45, 7) is 3.78. The van der Waals surface area contributed by atoms with Crippen molar-refractivity contribution >= 4 is 36.9 Å². The first-order valence-corrected chi connectivity index (χ1v) is 5.46. The summed E-state index contributed by atoms with van der Waals surface area (Å²) in [4.78, 5) is 9.01. The molecule has 1 unspecified atom stereocenters. The molecule has 0 rings (SSSR count). The summed E-state index contributed by atoms with van der Waals surface area (Å²) in [5.74, 6) is 0. The molecule has 0 aromatic heterocycles. The molecule has 58 valence electrons. The van der Waals surface area contributed by atoms with Gasteiger partial charge in [0.1, 0.15) is 0 Å². The predicted octanol–water partition coefficient (Wildman–Crippen LogP) is 1.43. The molecule has 4 heteroatoms. The van der Waals surface area contributed by atoms with Gasteiger partial charge in [-0.05, 0) is 6.42 Å². The Morgan fingerprint density at radius 3 is 2.20 bits per heavy atom. The average Bonchev–Trinajstić information content (AvgIpc) is 1.84. The Morgan fingerprint density at radius 2 is 1.90 bits per heavy atom. The van der Waals surface area contributed by atoms with Crippen LogP contribution in [0.1, 0.15) is 26.7 Å². The Morgan fingerprint density at radius 1 is 1.40 bits per heavy atom. The molecule has 2 nitrogen and oxygen atoms in total. The molecule has 0 aromatic carbocycles. The first-order chi connectivity index (χ1) is 4.12. The van der Waals surface area contributed by atoms with Crippen molar-refractivity contribution in [2.24, 2.45) is 0 Å². The van der Waals surface area contributed by atoms with Crippen LogP contribution in [0.25, 0.3) is 0 Å². The molecular formula is C6H16NaO2P. The van der Waals surface area contributed by atoms with E-state index in [1.54, 1.807) is 6.92 Å². The summed E-state index contributed by atoms with van der Waals surface area (Å²) in [6, 6.07) is 0. The molecule has 10 heavy (non-hydrogen) atoms. The van der Waals surface area contributed by atoms with Crippen LogP contribution in [0.2, 0.25) is 0 Å². The third-order valence-corrected chi connectivity index (χ3v) is 3.36. The Balaban J connectivity index is 0. The molecule has 0 aliphatic rings. The van der Waals surface area contributed by atoms with Gasteiger partial charge >= 0.3 is 29.6 Å². The zero-order valence-electron chi connectivity index (χ0n) is 6.13. The van der Waals surface area contributed by atoms with Crippen molar-refractivity contribution in [2.75, 3.05) is 12.3 Å². The number of hydrogen-bond donors (Lipinski definition) is 1. The molecule has 0 amide bonds. The van der Waals surface area contributed by atoms with E-state index in [9.17, 15) is 4.57 Å². The van der Waals surface area contributed by atoms with E-state index >= 15 is 0 Å².